The molecule has 0 aliphatic rings. The van der Waals surface area contributed by atoms with E-state index in [2.05, 4.69) is 6.92 Å². The summed E-state index contributed by atoms with van der Waals surface area (Å²) >= 11 is 0. The van der Waals surface area contributed by atoms with Crippen LogP contribution in [0.3, 0.4) is 0 Å². The van der Waals surface area contributed by atoms with Gasteiger partial charge < -0.3 is 10.2 Å². The molecule has 0 rings (SSSR count). The number of unbranched alkanes of at least 4 members (excludes halogenated alkanes) is 8. The highest BCUT2D eigenvalue weighted by atomic mass is 19.4. The van der Waals surface area contributed by atoms with Gasteiger partial charge in [-0.2, -0.15) is 22.0 Å². The molecule has 2 nitrogen and oxygen atoms in total. The first kappa shape index (κ1) is 24.8. The number of halogens is 5. The number of aliphatic hydroxyl groups is 2. The van der Waals surface area contributed by atoms with Gasteiger partial charge in [0, 0.05) is 19.6 Å². The first-order chi connectivity index (χ1) is 10.7. The second-order valence-corrected chi connectivity index (χ2v) is 5.58. The van der Waals surface area contributed by atoms with Crippen molar-refractivity contribution in [1.82, 2.24) is 0 Å². The number of hydrogen-bond donors (Lipinski definition) is 2. The van der Waals surface area contributed by atoms with Crippen LogP contribution >= 0.6 is 0 Å². The van der Waals surface area contributed by atoms with Crippen molar-refractivity contribution in [1.29, 1.82) is 0 Å². The molecule has 0 radical (unpaired) electrons. The summed E-state index contributed by atoms with van der Waals surface area (Å²) in [6.45, 7) is 2.52. The van der Waals surface area contributed by atoms with E-state index in [1.54, 1.807) is 0 Å². The zero-order chi connectivity index (χ0) is 18.2. The molecular weight excluding hydrogens is 319 g/mol. The van der Waals surface area contributed by atoms with Crippen LogP contribution in [-0.2, 0) is 0 Å². The van der Waals surface area contributed by atoms with Gasteiger partial charge in [-0.15, -0.1) is 0 Å². The molecule has 0 aliphatic heterocycles. The largest absolute Gasteiger partial charge is 0.453 e. The minimum Gasteiger partial charge on any atom is -0.396 e. The maximum Gasteiger partial charge on any atom is 0.453 e. The van der Waals surface area contributed by atoms with Gasteiger partial charge in [0.25, 0.3) is 0 Å². The number of aliphatic hydroxyl groups excluding tert-OH is 2. The fourth-order valence-electron chi connectivity index (χ4n) is 1.85. The lowest BCUT2D eigenvalue weighted by molar-refractivity contribution is -0.284. The molecule has 0 saturated carbocycles. The average Bonchev–Trinajstić information content (AvgIpc) is 2.46. The van der Waals surface area contributed by atoms with Crippen LogP contribution in [0.2, 0.25) is 0 Å². The van der Waals surface area contributed by atoms with Crippen LogP contribution in [0.5, 0.6) is 0 Å². The molecule has 0 spiro atoms. The number of rotatable bonds is 12. The quantitative estimate of drug-likeness (QED) is 0.362. The summed E-state index contributed by atoms with van der Waals surface area (Å²) in [6, 6.07) is 0. The van der Waals surface area contributed by atoms with E-state index >= 15 is 0 Å². The Labute approximate surface area is 136 Å². The lowest BCUT2D eigenvalue weighted by Crippen LogP contribution is -2.36. The third-order valence-corrected chi connectivity index (χ3v) is 3.33. The number of hydrogen-bond acceptors (Lipinski definition) is 2. The van der Waals surface area contributed by atoms with Gasteiger partial charge in [0.05, 0.1) is 0 Å². The van der Waals surface area contributed by atoms with E-state index < -0.39 is 18.5 Å². The zero-order valence-electron chi connectivity index (χ0n) is 14.0. The first-order valence-corrected chi connectivity index (χ1v) is 8.39. The minimum atomic E-state index is -5.44. The van der Waals surface area contributed by atoms with E-state index in [1.807, 2.05) is 0 Å². The lowest BCUT2D eigenvalue weighted by Gasteiger charge is -2.19. The van der Waals surface area contributed by atoms with Gasteiger partial charge >= 0.3 is 12.1 Å². The summed E-state index contributed by atoms with van der Waals surface area (Å²) in [6.07, 6.45) is 1.92. The Bertz CT molecular complexity index is 239. The van der Waals surface area contributed by atoms with E-state index in [0.29, 0.717) is 19.4 Å². The van der Waals surface area contributed by atoms with Crippen LogP contribution in [0.1, 0.15) is 77.6 Å². The lowest BCUT2D eigenvalue weighted by atomic mass is 10.1. The van der Waals surface area contributed by atoms with Crippen molar-refractivity contribution < 1.29 is 32.2 Å². The fraction of sp³-hybridized carbons (Fsp3) is 1.00. The van der Waals surface area contributed by atoms with E-state index in [1.165, 1.54) is 32.1 Å². The van der Waals surface area contributed by atoms with Crippen molar-refractivity contribution in [3.63, 3.8) is 0 Å². The third kappa shape index (κ3) is 16.2. The Balaban J connectivity index is 0. The Kier molecular flexibility index (Phi) is 16.3. The van der Waals surface area contributed by atoms with Crippen LogP contribution in [-0.4, -0.2) is 35.5 Å². The highest BCUT2D eigenvalue weighted by molar-refractivity contribution is 4.75. The molecule has 0 aliphatic carbocycles. The molecule has 0 bridgehead atoms. The van der Waals surface area contributed by atoms with Crippen molar-refractivity contribution in [3.05, 3.63) is 0 Å². The van der Waals surface area contributed by atoms with E-state index in [9.17, 15) is 22.0 Å². The van der Waals surface area contributed by atoms with Crippen LogP contribution in [0.15, 0.2) is 0 Å². The molecule has 0 aromatic heterocycles. The monoisotopic (exact) mass is 350 g/mol. The maximum absolute atomic E-state index is 12.3. The van der Waals surface area contributed by atoms with E-state index in [4.69, 9.17) is 10.2 Å². The zero-order valence-corrected chi connectivity index (χ0v) is 14.0. The van der Waals surface area contributed by atoms with Crippen molar-refractivity contribution in [2.24, 2.45) is 0 Å². The summed E-state index contributed by atoms with van der Waals surface area (Å²) in [5.41, 5.74) is 0. The molecule has 7 heteroatoms. The Morgan fingerprint density at radius 1 is 0.609 bits per heavy atom. The smallest absolute Gasteiger partial charge is 0.396 e. The van der Waals surface area contributed by atoms with Gasteiger partial charge in [0.1, 0.15) is 0 Å². The summed E-state index contributed by atoms with van der Waals surface area (Å²) < 4.78 is 59.4. The Hall–Kier alpha value is -0.430. The van der Waals surface area contributed by atoms with Gasteiger partial charge in [0.15, 0.2) is 0 Å². The molecule has 0 saturated heterocycles. The number of alkyl halides is 5. The molecule has 0 amide bonds. The molecule has 142 valence electrons. The highest BCUT2D eigenvalue weighted by Crippen LogP contribution is 2.39. The molecule has 0 fully saturated rings. The molecule has 2 N–H and O–H groups in total. The molecule has 0 aromatic rings. The second kappa shape index (κ2) is 15.1. The molecular formula is C16H31F5O2. The van der Waals surface area contributed by atoms with Gasteiger partial charge in [-0.05, 0) is 19.3 Å². The predicted molar refractivity (Wildman–Crippen MR) is 81.6 cm³/mol. The van der Waals surface area contributed by atoms with E-state index in [-0.39, 0.29) is 19.4 Å². The summed E-state index contributed by atoms with van der Waals surface area (Å²) in [7, 11) is 0. The third-order valence-electron chi connectivity index (χ3n) is 3.33. The molecule has 0 heterocycles. The Morgan fingerprint density at radius 3 is 1.39 bits per heavy atom. The van der Waals surface area contributed by atoms with Crippen molar-refractivity contribution in [2.75, 3.05) is 13.2 Å². The average molecular weight is 350 g/mol. The maximum atomic E-state index is 12.3. The fourth-order valence-corrected chi connectivity index (χ4v) is 1.85. The van der Waals surface area contributed by atoms with Crippen molar-refractivity contribution in [3.8, 4) is 0 Å². The molecule has 0 aromatic carbocycles. The van der Waals surface area contributed by atoms with Crippen LogP contribution in [0.4, 0.5) is 22.0 Å². The highest BCUT2D eigenvalue weighted by Gasteiger charge is 2.56. The van der Waals surface area contributed by atoms with Gasteiger partial charge in [-0.3, -0.25) is 0 Å². The molecule has 0 unspecified atom stereocenters. The van der Waals surface area contributed by atoms with Crippen LogP contribution in [0.25, 0.3) is 0 Å². The second-order valence-electron chi connectivity index (χ2n) is 5.58. The normalized spacial score (nSPS) is 12.0. The molecule has 0 atom stereocenters. The van der Waals surface area contributed by atoms with E-state index in [0.717, 1.165) is 6.42 Å². The van der Waals surface area contributed by atoms with Gasteiger partial charge in [-0.1, -0.05) is 51.9 Å². The van der Waals surface area contributed by atoms with Crippen LogP contribution < -0.4 is 0 Å². The van der Waals surface area contributed by atoms with Crippen molar-refractivity contribution in [2.45, 2.75) is 89.7 Å². The van der Waals surface area contributed by atoms with Gasteiger partial charge in [0.2, 0.25) is 0 Å². The minimum absolute atomic E-state index is 0.0599. The SMILES string of the molecule is CCCCCCCCO.OCCCCCCC(F)(F)C(F)(F)F. The van der Waals surface area contributed by atoms with Gasteiger partial charge in [-0.25, -0.2) is 0 Å². The topological polar surface area (TPSA) is 40.5 Å². The predicted octanol–water partition coefficient (Wildman–Crippen LogP) is 5.47. The van der Waals surface area contributed by atoms with Crippen molar-refractivity contribution >= 4 is 0 Å². The summed E-state index contributed by atoms with van der Waals surface area (Å²) in [4.78, 5) is 0. The summed E-state index contributed by atoms with van der Waals surface area (Å²) in [5, 5.41) is 16.7. The molecule has 23 heavy (non-hydrogen) atoms. The van der Waals surface area contributed by atoms with Crippen LogP contribution in [0, 0.1) is 0 Å². The first-order valence-electron chi connectivity index (χ1n) is 8.39. The summed E-state index contributed by atoms with van der Waals surface area (Å²) in [5.74, 6) is -4.58. The standard InChI is InChI=1S/C8H13F5O.C8H18O/c9-7(10,8(11,12)13)5-3-1-2-4-6-14;1-2-3-4-5-6-7-8-9/h14H,1-6H2;9H,2-8H2,1H3. The Morgan fingerprint density at radius 2 is 1.00 bits per heavy atom.